The minimum atomic E-state index is -0.0787. The average molecular weight is 305 g/mol. The first-order chi connectivity index (χ1) is 9.60. The third-order valence-electron chi connectivity index (χ3n) is 2.54. The summed E-state index contributed by atoms with van der Waals surface area (Å²) in [4.78, 5) is 18.9. The van der Waals surface area contributed by atoms with Crippen molar-refractivity contribution >= 4 is 28.6 Å². The molecule has 0 aliphatic heterocycles. The zero-order valence-electron chi connectivity index (χ0n) is 11.3. The first-order valence-corrected chi connectivity index (χ1v) is 7.72. The van der Waals surface area contributed by atoms with Crippen LogP contribution in [0.25, 0.3) is 0 Å². The molecule has 0 fully saturated rings. The predicted molar refractivity (Wildman–Crippen MR) is 83.0 cm³/mol. The molecule has 0 aliphatic rings. The van der Waals surface area contributed by atoms with Crippen molar-refractivity contribution in [1.82, 2.24) is 10.3 Å². The number of hydrogen-bond donors (Lipinski definition) is 2. The van der Waals surface area contributed by atoms with Crippen LogP contribution in [0.1, 0.15) is 30.0 Å². The van der Waals surface area contributed by atoms with Gasteiger partial charge < -0.3 is 11.1 Å². The molecule has 0 radical (unpaired) electrons. The zero-order valence-corrected chi connectivity index (χ0v) is 13.0. The first kappa shape index (κ1) is 14.7. The Labute approximate surface area is 126 Å². The van der Waals surface area contributed by atoms with Crippen LogP contribution in [0.15, 0.2) is 12.3 Å². The Hall–Kier alpha value is -1.68. The van der Waals surface area contributed by atoms with Crippen molar-refractivity contribution < 1.29 is 4.79 Å². The van der Waals surface area contributed by atoms with E-state index in [4.69, 9.17) is 5.73 Å². The van der Waals surface area contributed by atoms with Gasteiger partial charge in [0.1, 0.15) is 0 Å². The number of aromatic nitrogens is 1. The Bertz CT molecular complexity index is 676. The van der Waals surface area contributed by atoms with Crippen LogP contribution in [-0.2, 0) is 6.54 Å². The van der Waals surface area contributed by atoms with E-state index in [2.05, 4.69) is 22.1 Å². The smallest absolute Gasteiger partial charge is 0.261 e. The zero-order chi connectivity index (χ0) is 14.5. The van der Waals surface area contributed by atoms with Crippen molar-refractivity contribution in [3.8, 4) is 11.8 Å². The molecule has 104 valence electrons. The van der Waals surface area contributed by atoms with E-state index >= 15 is 0 Å². The lowest BCUT2D eigenvalue weighted by atomic mass is 10.2. The number of thiophene rings is 1. The van der Waals surface area contributed by atoms with Gasteiger partial charge in [0.25, 0.3) is 5.91 Å². The molecule has 0 saturated heterocycles. The van der Waals surface area contributed by atoms with E-state index in [-0.39, 0.29) is 5.91 Å². The number of nitrogens with one attached hydrogen (secondary N) is 1. The molecule has 2 heterocycles. The van der Waals surface area contributed by atoms with Crippen LogP contribution in [-0.4, -0.2) is 17.4 Å². The van der Waals surface area contributed by atoms with Gasteiger partial charge in [0, 0.05) is 11.1 Å². The summed E-state index contributed by atoms with van der Waals surface area (Å²) in [5, 5.41) is 3.89. The van der Waals surface area contributed by atoms with Gasteiger partial charge in [0.05, 0.1) is 27.9 Å². The van der Waals surface area contributed by atoms with Crippen molar-refractivity contribution in [3.05, 3.63) is 37.5 Å². The van der Waals surface area contributed by atoms with Crippen LogP contribution in [0.3, 0.4) is 0 Å². The van der Waals surface area contributed by atoms with Crippen molar-refractivity contribution in [1.29, 1.82) is 0 Å². The Kier molecular flexibility index (Phi) is 4.90. The predicted octanol–water partition coefficient (Wildman–Crippen LogP) is 2.06. The van der Waals surface area contributed by atoms with Crippen LogP contribution in [0, 0.1) is 25.7 Å². The molecule has 20 heavy (non-hydrogen) atoms. The summed E-state index contributed by atoms with van der Waals surface area (Å²) in [5.74, 6) is 5.71. The molecule has 0 aliphatic carbocycles. The monoisotopic (exact) mass is 305 g/mol. The van der Waals surface area contributed by atoms with Crippen molar-refractivity contribution in [2.45, 2.75) is 20.4 Å². The Morgan fingerprint density at radius 3 is 2.90 bits per heavy atom. The molecule has 0 saturated carbocycles. The number of amides is 1. The van der Waals surface area contributed by atoms with E-state index in [9.17, 15) is 4.79 Å². The van der Waals surface area contributed by atoms with E-state index in [1.165, 1.54) is 11.3 Å². The Morgan fingerprint density at radius 2 is 2.25 bits per heavy atom. The highest BCUT2D eigenvalue weighted by Crippen LogP contribution is 2.21. The van der Waals surface area contributed by atoms with Gasteiger partial charge in [-0.3, -0.25) is 4.79 Å². The molecule has 2 rings (SSSR count). The maximum absolute atomic E-state index is 12.1. The normalized spacial score (nSPS) is 9.95. The van der Waals surface area contributed by atoms with Gasteiger partial charge >= 0.3 is 0 Å². The number of rotatable bonds is 3. The molecular formula is C14H15N3OS2. The fraction of sp³-hybridized carbons (Fsp3) is 0.286. The molecule has 0 aromatic carbocycles. The van der Waals surface area contributed by atoms with Gasteiger partial charge in [0.15, 0.2) is 0 Å². The van der Waals surface area contributed by atoms with Gasteiger partial charge in [-0.15, -0.1) is 22.7 Å². The van der Waals surface area contributed by atoms with Gasteiger partial charge in [-0.05, 0) is 25.5 Å². The van der Waals surface area contributed by atoms with Crippen LogP contribution < -0.4 is 11.1 Å². The standard InChI is InChI=1S/C14H15N3OS2/c1-9-6-13(20-12(9)4-3-5-15)14(18)17-8-11-7-16-10(2)19-11/h6-7H,5,8,15H2,1-2H3,(H,17,18). The number of nitrogens with zero attached hydrogens (tertiary/aromatic N) is 1. The second-order valence-electron chi connectivity index (χ2n) is 4.16. The van der Waals surface area contributed by atoms with Crippen LogP contribution in [0.5, 0.6) is 0 Å². The second kappa shape index (κ2) is 6.66. The molecule has 2 aromatic heterocycles. The van der Waals surface area contributed by atoms with Crippen molar-refractivity contribution in [2.75, 3.05) is 6.54 Å². The molecule has 2 aromatic rings. The summed E-state index contributed by atoms with van der Waals surface area (Å²) in [7, 11) is 0. The van der Waals surface area contributed by atoms with Crippen molar-refractivity contribution in [2.24, 2.45) is 5.73 Å². The first-order valence-electron chi connectivity index (χ1n) is 6.09. The maximum Gasteiger partial charge on any atom is 0.261 e. The SMILES string of the molecule is Cc1ncc(CNC(=O)c2cc(C)c(C#CCN)s2)s1. The number of carbonyl (C=O) groups is 1. The minimum absolute atomic E-state index is 0.0787. The molecule has 0 bridgehead atoms. The number of carbonyl (C=O) groups excluding carboxylic acids is 1. The van der Waals surface area contributed by atoms with Crippen LogP contribution in [0.2, 0.25) is 0 Å². The summed E-state index contributed by atoms with van der Waals surface area (Å²) < 4.78 is 0. The van der Waals surface area contributed by atoms with E-state index in [1.807, 2.05) is 19.9 Å². The Morgan fingerprint density at radius 1 is 1.45 bits per heavy atom. The van der Waals surface area contributed by atoms with E-state index in [0.29, 0.717) is 18.0 Å². The highest BCUT2D eigenvalue weighted by Gasteiger charge is 2.11. The molecule has 1 amide bonds. The Balaban J connectivity index is 2.02. The summed E-state index contributed by atoms with van der Waals surface area (Å²) in [6.45, 7) is 4.72. The molecule has 0 spiro atoms. The van der Waals surface area contributed by atoms with Crippen LogP contribution in [0.4, 0.5) is 0 Å². The third-order valence-corrected chi connectivity index (χ3v) is 4.60. The molecule has 6 heteroatoms. The summed E-state index contributed by atoms with van der Waals surface area (Å²) in [5.41, 5.74) is 6.36. The average Bonchev–Trinajstić information content (AvgIpc) is 3.00. The number of thiazole rings is 1. The van der Waals surface area contributed by atoms with Crippen molar-refractivity contribution in [3.63, 3.8) is 0 Å². The quantitative estimate of drug-likeness (QED) is 0.853. The van der Waals surface area contributed by atoms with Gasteiger partial charge in [-0.25, -0.2) is 4.98 Å². The van der Waals surface area contributed by atoms with E-state index in [0.717, 1.165) is 20.3 Å². The number of hydrogen-bond acceptors (Lipinski definition) is 5. The second-order valence-corrected chi connectivity index (χ2v) is 6.53. The topological polar surface area (TPSA) is 68.0 Å². The van der Waals surface area contributed by atoms with Gasteiger partial charge in [0.2, 0.25) is 0 Å². The lowest BCUT2D eigenvalue weighted by Crippen LogP contribution is -2.21. The maximum atomic E-state index is 12.1. The van der Waals surface area contributed by atoms with E-state index < -0.39 is 0 Å². The fourth-order valence-corrected chi connectivity index (χ4v) is 3.29. The summed E-state index contributed by atoms with van der Waals surface area (Å²) >= 11 is 2.98. The molecule has 0 atom stereocenters. The lowest BCUT2D eigenvalue weighted by molar-refractivity contribution is 0.0955. The number of aryl methyl sites for hydroxylation is 2. The highest BCUT2D eigenvalue weighted by atomic mass is 32.1. The van der Waals surface area contributed by atoms with E-state index in [1.54, 1.807) is 17.5 Å². The summed E-state index contributed by atoms with van der Waals surface area (Å²) in [6, 6.07) is 1.86. The number of nitrogens with two attached hydrogens (primary N) is 1. The summed E-state index contributed by atoms with van der Waals surface area (Å²) in [6.07, 6.45) is 1.79. The highest BCUT2D eigenvalue weighted by molar-refractivity contribution is 7.14. The molecule has 4 nitrogen and oxygen atoms in total. The minimum Gasteiger partial charge on any atom is -0.346 e. The molecule has 0 unspecified atom stereocenters. The lowest BCUT2D eigenvalue weighted by Gasteiger charge is -1.99. The third kappa shape index (κ3) is 3.67. The molecular weight excluding hydrogens is 290 g/mol. The molecule has 3 N–H and O–H groups in total. The van der Waals surface area contributed by atoms with Gasteiger partial charge in [-0.1, -0.05) is 11.8 Å². The van der Waals surface area contributed by atoms with Gasteiger partial charge in [-0.2, -0.15) is 0 Å². The van der Waals surface area contributed by atoms with Crippen LogP contribution >= 0.6 is 22.7 Å². The fourth-order valence-electron chi connectivity index (χ4n) is 1.59. The largest absolute Gasteiger partial charge is 0.346 e.